The molecule has 0 aliphatic rings. The summed E-state index contributed by atoms with van der Waals surface area (Å²) in [5.74, 6) is -1.64. The van der Waals surface area contributed by atoms with Crippen LogP contribution in [-0.4, -0.2) is 46.9 Å². The van der Waals surface area contributed by atoms with Gasteiger partial charge in [-0.05, 0) is 80.7 Å². The van der Waals surface area contributed by atoms with Crippen molar-refractivity contribution in [3.8, 4) is 11.1 Å². The maximum absolute atomic E-state index is 13.8. The Morgan fingerprint density at radius 1 is 0.837 bits per heavy atom. The van der Waals surface area contributed by atoms with Crippen LogP contribution in [0.15, 0.2) is 53.4 Å². The van der Waals surface area contributed by atoms with E-state index in [0.29, 0.717) is 25.7 Å². The van der Waals surface area contributed by atoms with Crippen molar-refractivity contribution >= 4 is 28.6 Å². The van der Waals surface area contributed by atoms with Crippen molar-refractivity contribution < 1.29 is 23.3 Å². The Morgan fingerprint density at radius 2 is 1.40 bits per heavy atom. The molecule has 7 nitrogen and oxygen atoms in total. The molecule has 238 valence electrons. The van der Waals surface area contributed by atoms with Gasteiger partial charge < -0.3 is 15.4 Å². The SMILES string of the molecule is CCCC[C@@H](C[C@@H](CCc1ccc(-c2ccc(S(C)=O)cc2)cc1)C(=O)N[C@H](C(=O)NC)C(C)(C)C)C(=O)OC(C)(C)C. The molecule has 1 unspecified atom stereocenters. The van der Waals surface area contributed by atoms with E-state index in [9.17, 15) is 18.6 Å². The topological polar surface area (TPSA) is 102 Å². The van der Waals surface area contributed by atoms with E-state index in [0.717, 1.165) is 34.4 Å². The Bertz CT molecular complexity index is 1230. The van der Waals surface area contributed by atoms with Crippen molar-refractivity contribution in [2.24, 2.45) is 17.3 Å². The number of carbonyl (C=O) groups is 3. The van der Waals surface area contributed by atoms with Crippen LogP contribution in [0.4, 0.5) is 0 Å². The highest BCUT2D eigenvalue weighted by Crippen LogP contribution is 2.28. The molecular weight excluding hydrogens is 560 g/mol. The number of likely N-dealkylation sites (N-methyl/N-ethyl adjacent to an activating group) is 1. The van der Waals surface area contributed by atoms with Crippen molar-refractivity contribution in [3.05, 3.63) is 54.1 Å². The Morgan fingerprint density at radius 3 is 1.86 bits per heavy atom. The van der Waals surface area contributed by atoms with Gasteiger partial charge in [0.25, 0.3) is 0 Å². The fourth-order valence-corrected chi connectivity index (χ4v) is 5.51. The summed E-state index contributed by atoms with van der Waals surface area (Å²) in [6, 6.07) is 15.2. The third-order valence-corrected chi connectivity index (χ3v) is 8.44. The number of ether oxygens (including phenoxy) is 1. The molecule has 2 rings (SSSR count). The molecule has 2 amide bonds. The highest BCUT2D eigenvalue weighted by atomic mass is 32.2. The molecule has 8 heteroatoms. The van der Waals surface area contributed by atoms with Crippen LogP contribution in [0, 0.1) is 17.3 Å². The molecule has 0 aliphatic heterocycles. The maximum atomic E-state index is 13.8. The van der Waals surface area contributed by atoms with Gasteiger partial charge >= 0.3 is 5.97 Å². The molecule has 0 saturated heterocycles. The second-order valence-corrected chi connectivity index (χ2v) is 14.8. The lowest BCUT2D eigenvalue weighted by Crippen LogP contribution is -2.54. The zero-order valence-corrected chi connectivity index (χ0v) is 28.4. The third-order valence-electron chi connectivity index (χ3n) is 7.50. The van der Waals surface area contributed by atoms with Crippen molar-refractivity contribution in [1.82, 2.24) is 10.6 Å². The number of aryl methyl sites for hydroxylation is 1. The van der Waals surface area contributed by atoms with Crippen LogP contribution < -0.4 is 10.6 Å². The van der Waals surface area contributed by atoms with E-state index >= 15 is 0 Å². The predicted octanol–water partition coefficient (Wildman–Crippen LogP) is 6.45. The molecule has 0 heterocycles. The van der Waals surface area contributed by atoms with Crippen LogP contribution in [0.3, 0.4) is 0 Å². The summed E-state index contributed by atoms with van der Waals surface area (Å²) in [6.07, 6.45) is 5.63. The Labute approximate surface area is 261 Å². The lowest BCUT2D eigenvalue weighted by atomic mass is 9.83. The van der Waals surface area contributed by atoms with Gasteiger partial charge in [-0.25, -0.2) is 0 Å². The van der Waals surface area contributed by atoms with Crippen LogP contribution in [0.1, 0.15) is 86.1 Å². The van der Waals surface area contributed by atoms with Gasteiger partial charge in [-0.1, -0.05) is 76.9 Å². The monoisotopic (exact) mass is 612 g/mol. The summed E-state index contributed by atoms with van der Waals surface area (Å²) in [5, 5.41) is 5.68. The standard InChI is InChI=1S/C35H52N2O5S/c1-10-11-12-28(33(40)42-35(5,6)7)23-27(31(38)37-30(32(39)36-8)34(2,3)4)18-15-24-13-16-25(17-14-24)26-19-21-29(22-20-26)43(9)41/h13-14,16-17,19-22,27-28,30H,10-12,15,18,23H2,1-9H3,(H,36,39)(H,37,38)/t27-,28+,30-,43?/m1/s1. The summed E-state index contributed by atoms with van der Waals surface area (Å²) in [6.45, 7) is 13.4. The molecule has 0 fully saturated rings. The van der Waals surface area contributed by atoms with E-state index in [-0.39, 0.29) is 17.8 Å². The molecule has 0 saturated carbocycles. The van der Waals surface area contributed by atoms with Crippen LogP contribution in [0.25, 0.3) is 11.1 Å². The number of unbranched alkanes of at least 4 members (excludes halogenated alkanes) is 1. The third kappa shape index (κ3) is 11.9. The second-order valence-electron chi connectivity index (χ2n) is 13.4. The van der Waals surface area contributed by atoms with Crippen LogP contribution in [-0.2, 0) is 36.3 Å². The molecular formula is C35H52N2O5S. The van der Waals surface area contributed by atoms with Crippen molar-refractivity contribution in [2.75, 3.05) is 13.3 Å². The van der Waals surface area contributed by atoms with Crippen LogP contribution in [0.5, 0.6) is 0 Å². The van der Waals surface area contributed by atoms with E-state index in [1.165, 1.54) is 0 Å². The zero-order chi connectivity index (χ0) is 32.4. The van der Waals surface area contributed by atoms with Gasteiger partial charge in [0.1, 0.15) is 11.6 Å². The van der Waals surface area contributed by atoms with Crippen molar-refractivity contribution in [3.63, 3.8) is 0 Å². The number of amides is 2. The first kappa shape index (κ1) is 36.2. The minimum atomic E-state index is -1.02. The number of esters is 1. The molecule has 0 bridgehead atoms. The number of benzene rings is 2. The van der Waals surface area contributed by atoms with Crippen molar-refractivity contribution in [1.29, 1.82) is 0 Å². The average Bonchev–Trinajstić information content (AvgIpc) is 2.93. The molecule has 2 aromatic carbocycles. The van der Waals surface area contributed by atoms with E-state index in [4.69, 9.17) is 4.74 Å². The van der Waals surface area contributed by atoms with Gasteiger partial charge in [0, 0.05) is 34.9 Å². The predicted molar refractivity (Wildman–Crippen MR) is 175 cm³/mol. The lowest BCUT2D eigenvalue weighted by molar-refractivity contribution is -0.161. The molecule has 0 aliphatic carbocycles. The lowest BCUT2D eigenvalue weighted by Gasteiger charge is -2.32. The molecule has 0 aromatic heterocycles. The van der Waals surface area contributed by atoms with Crippen LogP contribution >= 0.6 is 0 Å². The number of carbonyl (C=O) groups excluding carboxylic acids is 3. The summed E-state index contributed by atoms with van der Waals surface area (Å²) < 4.78 is 17.5. The molecule has 4 atom stereocenters. The summed E-state index contributed by atoms with van der Waals surface area (Å²) in [5.41, 5.74) is 2.05. The Hall–Kier alpha value is -3.00. The van der Waals surface area contributed by atoms with E-state index in [1.54, 1.807) is 13.3 Å². The van der Waals surface area contributed by atoms with Gasteiger partial charge in [0.05, 0.1) is 5.92 Å². The fourth-order valence-electron chi connectivity index (χ4n) is 4.99. The number of hydrogen-bond acceptors (Lipinski definition) is 5. The maximum Gasteiger partial charge on any atom is 0.309 e. The zero-order valence-electron chi connectivity index (χ0n) is 27.5. The number of rotatable bonds is 14. The second kappa shape index (κ2) is 16.2. The first-order valence-electron chi connectivity index (χ1n) is 15.3. The number of hydrogen-bond donors (Lipinski definition) is 2. The largest absolute Gasteiger partial charge is 0.460 e. The van der Waals surface area contributed by atoms with Gasteiger partial charge in [0.2, 0.25) is 11.8 Å². The quantitative estimate of drug-likeness (QED) is 0.239. The normalized spacial score (nSPS) is 14.7. The highest BCUT2D eigenvalue weighted by Gasteiger charge is 2.36. The summed E-state index contributed by atoms with van der Waals surface area (Å²) in [4.78, 5) is 40.5. The smallest absolute Gasteiger partial charge is 0.309 e. The van der Waals surface area contributed by atoms with E-state index in [1.807, 2.05) is 77.9 Å². The van der Waals surface area contributed by atoms with Crippen LogP contribution in [0.2, 0.25) is 0 Å². The Kier molecular flexibility index (Phi) is 13.6. The molecule has 0 radical (unpaired) electrons. The fraction of sp³-hybridized carbons (Fsp3) is 0.571. The molecule has 2 N–H and O–H groups in total. The van der Waals surface area contributed by atoms with Gasteiger partial charge in [0.15, 0.2) is 0 Å². The minimum absolute atomic E-state index is 0.224. The van der Waals surface area contributed by atoms with Crippen molar-refractivity contribution in [2.45, 2.75) is 104 Å². The van der Waals surface area contributed by atoms with E-state index < -0.39 is 39.7 Å². The van der Waals surface area contributed by atoms with Gasteiger partial charge in [-0.2, -0.15) is 0 Å². The average molecular weight is 613 g/mol. The molecule has 0 spiro atoms. The first-order chi connectivity index (χ1) is 20.1. The molecule has 43 heavy (non-hydrogen) atoms. The molecule has 2 aromatic rings. The Balaban J connectivity index is 2.30. The van der Waals surface area contributed by atoms with Gasteiger partial charge in [-0.3, -0.25) is 18.6 Å². The van der Waals surface area contributed by atoms with Gasteiger partial charge in [-0.15, -0.1) is 0 Å². The summed E-state index contributed by atoms with van der Waals surface area (Å²) in [7, 11) is 0.546. The first-order valence-corrected chi connectivity index (χ1v) is 16.9. The van der Waals surface area contributed by atoms with E-state index in [2.05, 4.69) is 29.7 Å². The highest BCUT2D eigenvalue weighted by molar-refractivity contribution is 7.84. The summed E-state index contributed by atoms with van der Waals surface area (Å²) >= 11 is 0. The minimum Gasteiger partial charge on any atom is -0.460 e. The number of nitrogens with one attached hydrogen (secondary N) is 2.